The summed E-state index contributed by atoms with van der Waals surface area (Å²) in [7, 11) is -4.15. The van der Waals surface area contributed by atoms with Gasteiger partial charge in [0.1, 0.15) is 6.10 Å². The maximum Gasteiger partial charge on any atom is 0.452 e. The molecule has 41 heavy (non-hydrogen) atoms. The molecule has 0 aliphatic rings. The van der Waals surface area contributed by atoms with Crippen molar-refractivity contribution >= 4 is 25.1 Å². The molecule has 0 aliphatic heterocycles. The third kappa shape index (κ3) is 19.1. The number of hydrogen-bond donors (Lipinski definition) is 0. The van der Waals surface area contributed by atoms with Crippen molar-refractivity contribution in [2.24, 2.45) is 0 Å². The predicted molar refractivity (Wildman–Crippen MR) is 174 cm³/mol. The first-order valence-electron chi connectivity index (χ1n) is 16.4. The van der Waals surface area contributed by atoms with E-state index in [0.29, 0.717) is 6.42 Å². The molecule has 1 rings (SSSR count). The van der Waals surface area contributed by atoms with Crippen LogP contribution in [0.5, 0.6) is 0 Å². The fraction of sp³-hybridized carbons (Fsp3) is 0.788. The Bertz CT molecular complexity index is 793. The van der Waals surface area contributed by atoms with E-state index in [2.05, 4.69) is 13.8 Å². The van der Waals surface area contributed by atoms with Gasteiger partial charge >= 0.3 is 13.3 Å². The summed E-state index contributed by atoms with van der Waals surface area (Å²) in [5, 5.41) is 0.198. The first-order valence-corrected chi connectivity index (χ1v) is 19.0. The Labute approximate surface area is 255 Å². The van der Waals surface area contributed by atoms with Crippen LogP contribution in [0.4, 0.5) is 4.79 Å². The van der Waals surface area contributed by atoms with E-state index >= 15 is 0 Å². The lowest BCUT2D eigenvalue weighted by Crippen LogP contribution is -2.25. The van der Waals surface area contributed by atoms with Crippen LogP contribution in [0.3, 0.4) is 0 Å². The Hall–Kier alpha value is -0.850. The van der Waals surface area contributed by atoms with Gasteiger partial charge in [-0.15, -0.1) is 0 Å². The lowest BCUT2D eigenvalue weighted by atomic mass is 10.1. The molecular weight excluding hydrogens is 555 g/mol. The van der Waals surface area contributed by atoms with Crippen molar-refractivity contribution in [3.05, 3.63) is 35.9 Å². The van der Waals surface area contributed by atoms with Crippen LogP contribution in [0.25, 0.3) is 0 Å². The molecule has 0 spiro atoms. The second-order valence-electron chi connectivity index (χ2n) is 11.0. The lowest BCUT2D eigenvalue weighted by Gasteiger charge is -2.23. The average Bonchev–Trinajstić information content (AvgIpc) is 2.99. The van der Waals surface area contributed by atoms with E-state index in [1.54, 1.807) is 0 Å². The number of benzene rings is 1. The molecule has 0 bridgehead atoms. The van der Waals surface area contributed by atoms with Crippen molar-refractivity contribution in [2.45, 2.75) is 155 Å². The Morgan fingerprint density at radius 3 is 1.90 bits per heavy atom. The molecule has 0 aromatic heterocycles. The Morgan fingerprint density at radius 2 is 1.32 bits per heavy atom. The zero-order chi connectivity index (χ0) is 30.0. The van der Waals surface area contributed by atoms with Gasteiger partial charge in [-0.25, -0.2) is 9.36 Å². The van der Waals surface area contributed by atoms with Crippen molar-refractivity contribution in [1.82, 2.24) is 0 Å². The van der Waals surface area contributed by atoms with Crippen LogP contribution < -0.4 is 0 Å². The van der Waals surface area contributed by atoms with E-state index in [1.807, 2.05) is 55.9 Å². The SMILES string of the molecule is CCCCCCCCCCCSC(CCCCCCCC)C(C)OOC(=O)P(=O)(OCCC)OCc1ccccc1. The second-order valence-corrected chi connectivity index (χ2v) is 14.3. The molecule has 1 aromatic carbocycles. The van der Waals surface area contributed by atoms with Gasteiger partial charge in [0.25, 0.3) is 0 Å². The highest BCUT2D eigenvalue weighted by Gasteiger charge is 2.39. The van der Waals surface area contributed by atoms with Crippen LogP contribution in [0.1, 0.15) is 142 Å². The predicted octanol–water partition coefficient (Wildman–Crippen LogP) is 11.7. The lowest BCUT2D eigenvalue weighted by molar-refractivity contribution is -0.262. The summed E-state index contributed by atoms with van der Waals surface area (Å²) in [6, 6.07) is 9.28. The highest BCUT2D eigenvalue weighted by molar-refractivity contribution is 7.99. The number of carbonyl (C=O) groups is 1. The summed E-state index contributed by atoms with van der Waals surface area (Å²) in [6.07, 6.45) is 20.5. The maximum atomic E-state index is 13.3. The smallest absolute Gasteiger partial charge is 0.301 e. The highest BCUT2D eigenvalue weighted by Crippen LogP contribution is 2.51. The molecule has 8 heteroatoms. The van der Waals surface area contributed by atoms with Crippen molar-refractivity contribution in [3.8, 4) is 0 Å². The zero-order valence-electron chi connectivity index (χ0n) is 26.5. The molecule has 0 amide bonds. The monoisotopic (exact) mass is 614 g/mol. The van der Waals surface area contributed by atoms with Gasteiger partial charge in [-0.3, -0.25) is 9.41 Å². The normalized spacial score (nSPS) is 14.4. The standard InChI is InChI=1S/C33H59O6PS/c1-5-8-10-12-14-15-16-18-23-28-41-32(26-22-17-13-11-9-6-2)30(4)38-39-33(34)40(35,36-27-7-3)37-29-31-24-20-19-21-25-31/h19-21,24-25,30,32H,5-18,22-23,26-29H2,1-4H3. The van der Waals surface area contributed by atoms with Crippen LogP contribution >= 0.6 is 19.4 Å². The van der Waals surface area contributed by atoms with Gasteiger partial charge < -0.3 is 4.52 Å². The van der Waals surface area contributed by atoms with Gasteiger partial charge in [-0.1, -0.05) is 141 Å². The highest BCUT2D eigenvalue weighted by atomic mass is 32.2. The maximum absolute atomic E-state index is 13.3. The van der Waals surface area contributed by atoms with Gasteiger partial charge in [-0.2, -0.15) is 16.6 Å². The minimum absolute atomic E-state index is 0.0122. The summed E-state index contributed by atoms with van der Waals surface area (Å²) in [6.45, 7) is 8.42. The minimum atomic E-state index is -4.15. The van der Waals surface area contributed by atoms with Gasteiger partial charge in [0.15, 0.2) is 0 Å². The first kappa shape index (κ1) is 38.2. The molecule has 1 aromatic rings. The van der Waals surface area contributed by atoms with Gasteiger partial charge in [-0.05, 0) is 37.5 Å². The van der Waals surface area contributed by atoms with E-state index in [4.69, 9.17) is 18.8 Å². The van der Waals surface area contributed by atoms with Crippen molar-refractivity contribution in [1.29, 1.82) is 0 Å². The first-order chi connectivity index (χ1) is 20.0. The number of rotatable bonds is 28. The van der Waals surface area contributed by atoms with Crippen LogP contribution in [-0.2, 0) is 30.0 Å². The molecule has 0 saturated carbocycles. The molecule has 0 fully saturated rings. The second kappa shape index (κ2) is 25.6. The molecule has 238 valence electrons. The number of unbranched alkanes of at least 4 members (excludes halogenated alkanes) is 13. The fourth-order valence-electron chi connectivity index (χ4n) is 4.54. The number of carbonyl (C=O) groups excluding carboxylic acids is 1. The summed E-state index contributed by atoms with van der Waals surface area (Å²) in [5.41, 5.74) is -0.294. The third-order valence-electron chi connectivity index (χ3n) is 7.15. The fourth-order valence-corrected chi connectivity index (χ4v) is 7.02. The largest absolute Gasteiger partial charge is 0.452 e. The molecule has 0 radical (unpaired) electrons. The summed E-state index contributed by atoms with van der Waals surface area (Å²) in [4.78, 5) is 23.6. The van der Waals surface area contributed by atoms with E-state index in [1.165, 1.54) is 89.9 Å². The molecule has 0 N–H and O–H groups in total. The van der Waals surface area contributed by atoms with Crippen molar-refractivity contribution < 1.29 is 28.2 Å². The number of thioether (sulfide) groups is 1. The van der Waals surface area contributed by atoms with Crippen LogP contribution in [0, 0.1) is 0 Å². The van der Waals surface area contributed by atoms with Crippen molar-refractivity contribution in [2.75, 3.05) is 12.4 Å². The topological polar surface area (TPSA) is 71.1 Å². The molecular formula is C33H59O6PS. The molecule has 6 nitrogen and oxygen atoms in total. The number of hydrogen-bond acceptors (Lipinski definition) is 7. The minimum Gasteiger partial charge on any atom is -0.301 e. The van der Waals surface area contributed by atoms with Gasteiger partial charge in [0.05, 0.1) is 13.2 Å². The van der Waals surface area contributed by atoms with E-state index in [0.717, 1.165) is 24.2 Å². The molecule has 0 heterocycles. The van der Waals surface area contributed by atoms with Crippen LogP contribution in [-0.4, -0.2) is 29.4 Å². The van der Waals surface area contributed by atoms with Gasteiger partial charge in [0, 0.05) is 5.25 Å². The molecule has 3 atom stereocenters. The van der Waals surface area contributed by atoms with E-state index in [-0.39, 0.29) is 24.6 Å². The van der Waals surface area contributed by atoms with Crippen LogP contribution in [0.2, 0.25) is 0 Å². The van der Waals surface area contributed by atoms with Crippen molar-refractivity contribution in [3.63, 3.8) is 0 Å². The molecule has 0 saturated heterocycles. The van der Waals surface area contributed by atoms with E-state index in [9.17, 15) is 9.36 Å². The third-order valence-corrected chi connectivity index (χ3v) is 10.2. The zero-order valence-corrected chi connectivity index (χ0v) is 28.2. The Kier molecular flexibility index (Phi) is 23.9. The summed E-state index contributed by atoms with van der Waals surface area (Å²) < 4.78 is 24.2. The van der Waals surface area contributed by atoms with E-state index < -0.39 is 13.3 Å². The quantitative estimate of drug-likeness (QED) is 0.0402. The summed E-state index contributed by atoms with van der Waals surface area (Å²) >= 11 is 1.91. The van der Waals surface area contributed by atoms with Crippen LogP contribution in [0.15, 0.2) is 30.3 Å². The summed E-state index contributed by atoms with van der Waals surface area (Å²) in [5.74, 6) is 1.07. The average molecular weight is 615 g/mol. The van der Waals surface area contributed by atoms with Gasteiger partial charge in [0.2, 0.25) is 0 Å². The Morgan fingerprint density at radius 1 is 0.756 bits per heavy atom. The Balaban J connectivity index is 2.57. The molecule has 3 unspecified atom stereocenters. The molecule has 0 aliphatic carbocycles.